The molecule has 0 aromatic heterocycles. The summed E-state index contributed by atoms with van der Waals surface area (Å²) in [6.07, 6.45) is 3.26. The molecule has 0 aromatic rings. The second-order valence-electron chi connectivity index (χ2n) is 8.40. The Hall–Kier alpha value is -1.05. The predicted octanol–water partition coefficient (Wildman–Crippen LogP) is 4.37. The molecule has 158 valence electrons. The lowest BCUT2D eigenvalue weighted by Crippen LogP contribution is -2.57. The van der Waals surface area contributed by atoms with Crippen LogP contribution in [0.25, 0.3) is 0 Å². The van der Waals surface area contributed by atoms with E-state index in [1.54, 1.807) is 20.8 Å². The molecule has 3 atom stereocenters. The molecule has 1 heterocycles. The minimum atomic E-state index is -3.53. The van der Waals surface area contributed by atoms with Crippen molar-refractivity contribution in [2.45, 2.75) is 103 Å². The summed E-state index contributed by atoms with van der Waals surface area (Å²) >= 11 is 0. The average molecular weight is 392 g/mol. The van der Waals surface area contributed by atoms with Crippen LogP contribution in [0.4, 0.5) is 8.78 Å². The molecule has 0 amide bonds. The molecule has 1 N–H and O–H groups in total. The van der Waals surface area contributed by atoms with Gasteiger partial charge in [0, 0.05) is 5.57 Å². The topological polar surface area (TPSA) is 65.0 Å². The molecule has 0 saturated carbocycles. The van der Waals surface area contributed by atoms with E-state index in [2.05, 4.69) is 6.58 Å². The van der Waals surface area contributed by atoms with Crippen LogP contribution in [0, 0.1) is 0 Å². The minimum Gasteiger partial charge on any atom is -0.459 e. The Morgan fingerprint density at radius 1 is 1.33 bits per heavy atom. The van der Waals surface area contributed by atoms with Gasteiger partial charge in [0.15, 0.2) is 5.60 Å². The van der Waals surface area contributed by atoms with Gasteiger partial charge in [0.2, 0.25) is 5.79 Å². The third-order valence-electron chi connectivity index (χ3n) is 5.01. The van der Waals surface area contributed by atoms with Crippen molar-refractivity contribution in [2.75, 3.05) is 6.61 Å². The van der Waals surface area contributed by atoms with Crippen molar-refractivity contribution in [2.24, 2.45) is 0 Å². The summed E-state index contributed by atoms with van der Waals surface area (Å²) in [6, 6.07) is 0. The van der Waals surface area contributed by atoms with Crippen molar-refractivity contribution in [3.63, 3.8) is 0 Å². The van der Waals surface area contributed by atoms with E-state index in [1.807, 2.05) is 6.92 Å². The summed E-state index contributed by atoms with van der Waals surface area (Å²) in [6.45, 7) is 12.4. The summed E-state index contributed by atoms with van der Waals surface area (Å²) in [5, 5.41) is 9.77. The SMILES string of the molecule is C=C(C)C(=O)OC(CC)CCCCC(C)(C)OC1(C)COC(C)(O)C1(F)F. The van der Waals surface area contributed by atoms with Crippen LogP contribution in [0.5, 0.6) is 0 Å². The van der Waals surface area contributed by atoms with Gasteiger partial charge in [-0.2, -0.15) is 8.78 Å². The van der Waals surface area contributed by atoms with Gasteiger partial charge in [-0.25, -0.2) is 4.79 Å². The fraction of sp³-hybridized carbons (Fsp3) is 0.850. The molecule has 0 aliphatic carbocycles. The minimum absolute atomic E-state index is 0.182. The first kappa shape index (κ1) is 24.0. The standard InChI is InChI=1S/C20H34F2O5/c1-8-15(26-16(23)14(2)3)11-9-10-12-17(4,5)27-18(6)13-25-19(7,24)20(18,21)22/h15,24H,2,8-13H2,1,3-7H3. The summed E-state index contributed by atoms with van der Waals surface area (Å²) in [5.74, 6) is -6.46. The highest BCUT2D eigenvalue weighted by atomic mass is 19.3. The van der Waals surface area contributed by atoms with Crippen molar-refractivity contribution < 1.29 is 32.9 Å². The van der Waals surface area contributed by atoms with Crippen LogP contribution < -0.4 is 0 Å². The molecule has 0 aromatic carbocycles. The van der Waals surface area contributed by atoms with Gasteiger partial charge in [-0.05, 0) is 60.3 Å². The van der Waals surface area contributed by atoms with Gasteiger partial charge < -0.3 is 19.3 Å². The molecule has 1 saturated heterocycles. The van der Waals surface area contributed by atoms with Gasteiger partial charge >= 0.3 is 11.9 Å². The second kappa shape index (κ2) is 8.53. The lowest BCUT2D eigenvalue weighted by Gasteiger charge is -2.40. The molecule has 0 spiro atoms. The van der Waals surface area contributed by atoms with E-state index in [9.17, 15) is 18.7 Å². The normalized spacial score (nSPS) is 28.8. The first-order valence-corrected chi connectivity index (χ1v) is 9.48. The first-order chi connectivity index (χ1) is 12.2. The highest BCUT2D eigenvalue weighted by Crippen LogP contribution is 2.49. The summed E-state index contributed by atoms with van der Waals surface area (Å²) < 4.78 is 44.9. The van der Waals surface area contributed by atoms with Gasteiger partial charge in [-0.3, -0.25) is 0 Å². The number of esters is 1. The fourth-order valence-electron chi connectivity index (χ4n) is 3.23. The number of alkyl halides is 2. The molecule has 27 heavy (non-hydrogen) atoms. The third kappa shape index (κ3) is 5.72. The molecular formula is C20H34F2O5. The summed E-state index contributed by atoms with van der Waals surface area (Å²) in [4.78, 5) is 11.6. The molecule has 5 nitrogen and oxygen atoms in total. The maximum atomic E-state index is 14.5. The number of hydrogen-bond acceptors (Lipinski definition) is 5. The summed E-state index contributed by atoms with van der Waals surface area (Å²) in [5.41, 5.74) is -2.35. The van der Waals surface area contributed by atoms with Gasteiger partial charge in [-0.15, -0.1) is 0 Å². The van der Waals surface area contributed by atoms with Crippen molar-refractivity contribution in [1.29, 1.82) is 0 Å². The predicted molar refractivity (Wildman–Crippen MR) is 98.5 cm³/mol. The molecule has 0 radical (unpaired) electrons. The number of unbranched alkanes of at least 4 members (excludes halogenated alkanes) is 1. The Bertz CT molecular complexity index is 544. The van der Waals surface area contributed by atoms with Crippen molar-refractivity contribution >= 4 is 5.97 Å². The lowest BCUT2D eigenvalue weighted by molar-refractivity contribution is -0.298. The Labute approximate surface area is 161 Å². The maximum absolute atomic E-state index is 14.5. The Balaban J connectivity index is 2.52. The van der Waals surface area contributed by atoms with Crippen LogP contribution >= 0.6 is 0 Å². The fourth-order valence-corrected chi connectivity index (χ4v) is 3.23. The first-order valence-electron chi connectivity index (χ1n) is 9.48. The molecule has 1 fully saturated rings. The lowest BCUT2D eigenvalue weighted by atomic mass is 9.92. The van der Waals surface area contributed by atoms with Crippen LogP contribution in [0.2, 0.25) is 0 Å². The number of carbonyl (C=O) groups is 1. The molecule has 3 unspecified atom stereocenters. The molecule has 1 rings (SSSR count). The number of aliphatic hydroxyl groups is 1. The largest absolute Gasteiger partial charge is 0.459 e. The average Bonchev–Trinajstić information content (AvgIpc) is 2.69. The second-order valence-corrected chi connectivity index (χ2v) is 8.40. The van der Waals surface area contributed by atoms with Gasteiger partial charge in [0.05, 0.1) is 12.2 Å². The quantitative estimate of drug-likeness (QED) is 0.340. The Kier molecular flexibility index (Phi) is 7.58. The highest BCUT2D eigenvalue weighted by molar-refractivity contribution is 5.87. The Morgan fingerprint density at radius 3 is 2.37 bits per heavy atom. The zero-order chi connectivity index (χ0) is 21.1. The van der Waals surface area contributed by atoms with Gasteiger partial charge in [-0.1, -0.05) is 19.9 Å². The van der Waals surface area contributed by atoms with E-state index in [1.165, 1.54) is 6.92 Å². The van der Waals surface area contributed by atoms with Crippen LogP contribution in [0.15, 0.2) is 12.2 Å². The number of hydrogen-bond donors (Lipinski definition) is 1. The summed E-state index contributed by atoms with van der Waals surface area (Å²) in [7, 11) is 0. The van der Waals surface area contributed by atoms with E-state index >= 15 is 0 Å². The van der Waals surface area contributed by atoms with E-state index in [-0.39, 0.29) is 12.7 Å². The van der Waals surface area contributed by atoms with Gasteiger partial charge in [0.25, 0.3) is 0 Å². The van der Waals surface area contributed by atoms with Crippen LogP contribution in [0.1, 0.15) is 73.6 Å². The maximum Gasteiger partial charge on any atom is 0.333 e. The van der Waals surface area contributed by atoms with Crippen LogP contribution in [-0.4, -0.2) is 46.7 Å². The number of halogens is 2. The molecular weight excluding hydrogens is 358 g/mol. The zero-order valence-corrected chi connectivity index (χ0v) is 17.4. The van der Waals surface area contributed by atoms with Crippen molar-refractivity contribution in [3.8, 4) is 0 Å². The number of rotatable bonds is 10. The molecule has 7 heteroatoms. The zero-order valence-electron chi connectivity index (χ0n) is 17.4. The monoisotopic (exact) mass is 392 g/mol. The third-order valence-corrected chi connectivity index (χ3v) is 5.01. The molecule has 1 aliphatic rings. The van der Waals surface area contributed by atoms with E-state index in [4.69, 9.17) is 14.2 Å². The van der Waals surface area contributed by atoms with E-state index in [0.29, 0.717) is 24.8 Å². The number of carbonyl (C=O) groups excluding carboxylic acids is 1. The van der Waals surface area contributed by atoms with Crippen LogP contribution in [0.3, 0.4) is 0 Å². The number of ether oxygens (including phenoxy) is 3. The van der Waals surface area contributed by atoms with E-state index < -0.39 is 28.9 Å². The van der Waals surface area contributed by atoms with Gasteiger partial charge in [0.1, 0.15) is 6.10 Å². The smallest absolute Gasteiger partial charge is 0.333 e. The Morgan fingerprint density at radius 2 is 1.93 bits per heavy atom. The van der Waals surface area contributed by atoms with Crippen molar-refractivity contribution in [1.82, 2.24) is 0 Å². The van der Waals surface area contributed by atoms with Crippen LogP contribution in [-0.2, 0) is 19.0 Å². The van der Waals surface area contributed by atoms with Crippen molar-refractivity contribution in [3.05, 3.63) is 12.2 Å². The highest BCUT2D eigenvalue weighted by Gasteiger charge is 2.70. The molecule has 0 bridgehead atoms. The van der Waals surface area contributed by atoms with E-state index in [0.717, 1.165) is 19.8 Å². The molecule has 1 aliphatic heterocycles.